The van der Waals surface area contributed by atoms with Crippen LogP contribution in [0, 0.1) is 0 Å². The Balaban J connectivity index is 2.88. The van der Waals surface area contributed by atoms with Gasteiger partial charge in [-0.3, -0.25) is 0 Å². The molecule has 0 saturated heterocycles. The molecular weight excluding hydrogens is 334 g/mol. The summed E-state index contributed by atoms with van der Waals surface area (Å²) >= 11 is 3.50. The normalized spacial score (nSPS) is 13.1. The van der Waals surface area contributed by atoms with Crippen LogP contribution in [-0.4, -0.2) is 23.4 Å². The van der Waals surface area contributed by atoms with Crippen molar-refractivity contribution in [2.75, 3.05) is 6.61 Å². The number of ether oxygens (including phenoxy) is 1. The standard InChI is InChI=1S/C16H24BrNO3/c1-10(2)11-6-7-12(13(17)8-11)14(9-19)18-15(20)21-16(3,4)5/h6-8,10,14,19H,9H2,1-5H3,(H,18,20). The molecule has 2 N–H and O–H groups in total. The molecule has 0 fully saturated rings. The predicted molar refractivity (Wildman–Crippen MR) is 87.4 cm³/mol. The molecule has 0 bridgehead atoms. The molecule has 1 unspecified atom stereocenters. The zero-order valence-corrected chi connectivity index (χ0v) is 14.8. The molecule has 1 aromatic carbocycles. The van der Waals surface area contributed by atoms with Crippen molar-refractivity contribution in [1.82, 2.24) is 5.32 Å². The van der Waals surface area contributed by atoms with Crippen LogP contribution < -0.4 is 5.32 Å². The maximum atomic E-state index is 11.8. The summed E-state index contributed by atoms with van der Waals surface area (Å²) in [6, 6.07) is 5.43. The van der Waals surface area contributed by atoms with E-state index in [9.17, 15) is 9.90 Å². The number of halogens is 1. The molecule has 0 aliphatic rings. The molecule has 1 rings (SSSR count). The van der Waals surface area contributed by atoms with Gasteiger partial charge in [0.25, 0.3) is 0 Å². The molecule has 0 aliphatic heterocycles. The SMILES string of the molecule is CC(C)c1ccc(C(CO)NC(=O)OC(C)(C)C)c(Br)c1. The number of amides is 1. The van der Waals surface area contributed by atoms with Crippen LogP contribution in [0.25, 0.3) is 0 Å². The average molecular weight is 358 g/mol. The van der Waals surface area contributed by atoms with E-state index >= 15 is 0 Å². The van der Waals surface area contributed by atoms with Crippen molar-refractivity contribution in [3.63, 3.8) is 0 Å². The third kappa shape index (κ3) is 5.67. The summed E-state index contributed by atoms with van der Waals surface area (Å²) in [5.41, 5.74) is 1.45. The first-order chi connectivity index (χ1) is 9.64. The highest BCUT2D eigenvalue weighted by Crippen LogP contribution is 2.27. The van der Waals surface area contributed by atoms with Gasteiger partial charge < -0.3 is 15.2 Å². The van der Waals surface area contributed by atoms with E-state index in [-0.39, 0.29) is 6.61 Å². The molecule has 0 spiro atoms. The van der Waals surface area contributed by atoms with Crippen molar-refractivity contribution in [3.05, 3.63) is 33.8 Å². The van der Waals surface area contributed by atoms with Crippen LogP contribution in [0.15, 0.2) is 22.7 Å². The van der Waals surface area contributed by atoms with Gasteiger partial charge in [-0.05, 0) is 43.9 Å². The number of hydrogen-bond donors (Lipinski definition) is 2. The molecule has 0 saturated carbocycles. The van der Waals surface area contributed by atoms with Crippen molar-refractivity contribution >= 4 is 22.0 Å². The van der Waals surface area contributed by atoms with Gasteiger partial charge in [-0.25, -0.2) is 4.79 Å². The van der Waals surface area contributed by atoms with E-state index < -0.39 is 17.7 Å². The number of carbonyl (C=O) groups excluding carboxylic acids is 1. The Labute approximate surface area is 135 Å². The smallest absolute Gasteiger partial charge is 0.408 e. The van der Waals surface area contributed by atoms with E-state index in [0.29, 0.717) is 5.92 Å². The van der Waals surface area contributed by atoms with Crippen LogP contribution in [0.5, 0.6) is 0 Å². The van der Waals surface area contributed by atoms with Gasteiger partial charge in [0.1, 0.15) is 5.60 Å². The Morgan fingerprint density at radius 3 is 2.43 bits per heavy atom. The molecule has 21 heavy (non-hydrogen) atoms. The summed E-state index contributed by atoms with van der Waals surface area (Å²) in [6.07, 6.45) is -0.540. The van der Waals surface area contributed by atoms with E-state index in [1.54, 1.807) is 20.8 Å². The number of carbonyl (C=O) groups is 1. The van der Waals surface area contributed by atoms with Gasteiger partial charge in [-0.2, -0.15) is 0 Å². The fourth-order valence-electron chi connectivity index (χ4n) is 1.86. The lowest BCUT2D eigenvalue weighted by atomic mass is 9.99. The maximum Gasteiger partial charge on any atom is 0.408 e. The molecule has 118 valence electrons. The lowest BCUT2D eigenvalue weighted by Gasteiger charge is -2.23. The molecule has 5 heteroatoms. The first kappa shape index (κ1) is 18.0. The number of alkyl carbamates (subject to hydrolysis) is 1. The van der Waals surface area contributed by atoms with Gasteiger partial charge >= 0.3 is 6.09 Å². The van der Waals surface area contributed by atoms with Crippen molar-refractivity contribution in [2.24, 2.45) is 0 Å². The van der Waals surface area contributed by atoms with E-state index in [0.717, 1.165) is 10.0 Å². The summed E-state index contributed by atoms with van der Waals surface area (Å²) in [5, 5.41) is 12.2. The van der Waals surface area contributed by atoms with Gasteiger partial charge in [0.15, 0.2) is 0 Å². The largest absolute Gasteiger partial charge is 0.444 e. The number of aliphatic hydroxyl groups excluding tert-OH is 1. The Kier molecular flexibility index (Phi) is 6.23. The van der Waals surface area contributed by atoms with Gasteiger partial charge in [-0.15, -0.1) is 0 Å². The third-order valence-electron chi connectivity index (χ3n) is 2.94. The minimum Gasteiger partial charge on any atom is -0.444 e. The number of hydrogen-bond acceptors (Lipinski definition) is 3. The molecular formula is C16H24BrNO3. The zero-order valence-electron chi connectivity index (χ0n) is 13.2. The fraction of sp³-hybridized carbons (Fsp3) is 0.562. The summed E-state index contributed by atoms with van der Waals surface area (Å²) in [6.45, 7) is 9.43. The Morgan fingerprint density at radius 2 is 2.00 bits per heavy atom. The first-order valence-corrected chi connectivity index (χ1v) is 7.83. The zero-order chi connectivity index (χ0) is 16.2. The Hall–Kier alpha value is -1.07. The van der Waals surface area contributed by atoms with Gasteiger partial charge in [0.05, 0.1) is 12.6 Å². The van der Waals surface area contributed by atoms with Crippen molar-refractivity contribution in [2.45, 2.75) is 52.2 Å². The average Bonchev–Trinajstić information content (AvgIpc) is 2.34. The topological polar surface area (TPSA) is 58.6 Å². The maximum absolute atomic E-state index is 11.8. The highest BCUT2D eigenvalue weighted by Gasteiger charge is 2.21. The number of rotatable bonds is 4. The van der Waals surface area contributed by atoms with E-state index in [2.05, 4.69) is 35.1 Å². The molecule has 1 atom stereocenters. The number of nitrogens with one attached hydrogen (secondary N) is 1. The molecule has 1 aromatic rings. The summed E-state index contributed by atoms with van der Waals surface area (Å²) in [7, 11) is 0. The molecule has 0 heterocycles. The van der Waals surface area contributed by atoms with Crippen LogP contribution in [0.3, 0.4) is 0 Å². The van der Waals surface area contributed by atoms with Crippen molar-refractivity contribution < 1.29 is 14.6 Å². The van der Waals surface area contributed by atoms with Gasteiger partial charge in [0, 0.05) is 4.47 Å². The number of aliphatic hydroxyl groups is 1. The quantitative estimate of drug-likeness (QED) is 0.851. The highest BCUT2D eigenvalue weighted by molar-refractivity contribution is 9.10. The van der Waals surface area contributed by atoms with Gasteiger partial charge in [0.2, 0.25) is 0 Å². The van der Waals surface area contributed by atoms with E-state index in [1.807, 2.05) is 18.2 Å². The molecule has 1 amide bonds. The lowest BCUT2D eigenvalue weighted by Crippen LogP contribution is -2.36. The first-order valence-electron chi connectivity index (χ1n) is 7.03. The summed E-state index contributed by atoms with van der Waals surface area (Å²) in [5.74, 6) is 0.418. The van der Waals surface area contributed by atoms with E-state index in [1.165, 1.54) is 5.56 Å². The van der Waals surface area contributed by atoms with Crippen LogP contribution in [0.4, 0.5) is 4.79 Å². The van der Waals surface area contributed by atoms with Gasteiger partial charge in [-0.1, -0.05) is 41.9 Å². The van der Waals surface area contributed by atoms with Crippen molar-refractivity contribution in [3.8, 4) is 0 Å². The van der Waals surface area contributed by atoms with Crippen LogP contribution in [0.2, 0.25) is 0 Å². The summed E-state index contributed by atoms with van der Waals surface area (Å²) < 4.78 is 6.08. The fourth-order valence-corrected chi connectivity index (χ4v) is 2.53. The van der Waals surface area contributed by atoms with Crippen LogP contribution in [0.1, 0.15) is 57.7 Å². The highest BCUT2D eigenvalue weighted by atomic mass is 79.9. The second-order valence-corrected chi connectivity index (χ2v) is 7.17. The number of benzene rings is 1. The Morgan fingerprint density at radius 1 is 1.38 bits per heavy atom. The third-order valence-corrected chi connectivity index (χ3v) is 3.63. The van der Waals surface area contributed by atoms with Crippen LogP contribution >= 0.6 is 15.9 Å². The van der Waals surface area contributed by atoms with Crippen molar-refractivity contribution in [1.29, 1.82) is 0 Å². The predicted octanol–water partition coefficient (Wildman–Crippen LogP) is 4.13. The Bertz CT molecular complexity index is 495. The molecule has 4 nitrogen and oxygen atoms in total. The second kappa shape index (κ2) is 7.27. The van der Waals surface area contributed by atoms with Crippen LogP contribution in [-0.2, 0) is 4.74 Å². The molecule has 0 radical (unpaired) electrons. The minimum atomic E-state index is -0.567. The summed E-state index contributed by atoms with van der Waals surface area (Å²) in [4.78, 5) is 11.8. The molecule has 0 aromatic heterocycles. The lowest BCUT2D eigenvalue weighted by molar-refractivity contribution is 0.0481. The minimum absolute atomic E-state index is 0.196. The molecule has 0 aliphatic carbocycles. The monoisotopic (exact) mass is 357 g/mol. The second-order valence-electron chi connectivity index (χ2n) is 6.32. The van der Waals surface area contributed by atoms with E-state index in [4.69, 9.17) is 4.74 Å².